The maximum absolute atomic E-state index is 5.32. The van der Waals surface area contributed by atoms with Gasteiger partial charge in [0.15, 0.2) is 0 Å². The molecule has 0 amide bonds. The van der Waals surface area contributed by atoms with E-state index >= 15 is 0 Å². The van der Waals surface area contributed by atoms with E-state index in [1.165, 1.54) is 20.9 Å². The quantitative estimate of drug-likeness (QED) is 0.888. The fraction of sp³-hybridized carbons (Fsp3) is 0.375. The van der Waals surface area contributed by atoms with Crippen molar-refractivity contribution in [2.45, 2.75) is 26.8 Å². The second-order valence-corrected chi connectivity index (χ2v) is 5.94. The molecule has 0 bridgehead atoms. The summed E-state index contributed by atoms with van der Waals surface area (Å²) in [4.78, 5) is 2.76. The van der Waals surface area contributed by atoms with Gasteiger partial charge in [-0.1, -0.05) is 19.1 Å². The lowest BCUT2D eigenvalue weighted by Crippen LogP contribution is -2.21. The van der Waals surface area contributed by atoms with E-state index < -0.39 is 0 Å². The minimum atomic E-state index is 0.248. The number of hydrogen-bond donors (Lipinski definition) is 1. The summed E-state index contributed by atoms with van der Waals surface area (Å²) < 4.78 is 5.32. The first-order chi connectivity index (χ1) is 9.15. The van der Waals surface area contributed by atoms with Gasteiger partial charge in [0.05, 0.1) is 13.2 Å². The van der Waals surface area contributed by atoms with Gasteiger partial charge in [-0.15, -0.1) is 11.3 Å². The number of rotatable bonds is 5. The first kappa shape index (κ1) is 14.1. The maximum Gasteiger partial charge on any atom is 0.119 e. The summed E-state index contributed by atoms with van der Waals surface area (Å²) in [6, 6.07) is 10.8. The van der Waals surface area contributed by atoms with Crippen LogP contribution in [0.4, 0.5) is 0 Å². The highest BCUT2D eigenvalue weighted by atomic mass is 32.1. The molecule has 3 heteroatoms. The Labute approximate surface area is 119 Å². The Bertz CT molecular complexity index is 528. The molecule has 2 rings (SSSR count). The third-order valence-electron chi connectivity index (χ3n) is 3.30. The largest absolute Gasteiger partial charge is 0.497 e. The maximum atomic E-state index is 5.32. The van der Waals surface area contributed by atoms with Gasteiger partial charge in [0, 0.05) is 9.75 Å². The summed E-state index contributed by atoms with van der Waals surface area (Å²) in [5.41, 5.74) is 2.62. The molecule has 0 aliphatic carbocycles. The fourth-order valence-electron chi connectivity index (χ4n) is 2.15. The zero-order chi connectivity index (χ0) is 13.8. The summed E-state index contributed by atoms with van der Waals surface area (Å²) >= 11 is 1.87. The lowest BCUT2D eigenvalue weighted by molar-refractivity contribution is 0.413. The van der Waals surface area contributed by atoms with Crippen LogP contribution < -0.4 is 10.1 Å². The van der Waals surface area contributed by atoms with Crippen molar-refractivity contribution in [1.82, 2.24) is 5.32 Å². The average Bonchev–Trinajstić information content (AvgIpc) is 2.75. The van der Waals surface area contributed by atoms with Crippen molar-refractivity contribution in [3.63, 3.8) is 0 Å². The molecule has 0 spiro atoms. The Hall–Kier alpha value is -1.32. The SMILES string of the molecule is CCNC(c1cccc(OC)c1)c1cc(C)c(C)s1. The minimum absolute atomic E-state index is 0.248. The van der Waals surface area contributed by atoms with Gasteiger partial charge < -0.3 is 10.1 Å². The van der Waals surface area contributed by atoms with Gasteiger partial charge in [-0.25, -0.2) is 0 Å². The summed E-state index contributed by atoms with van der Waals surface area (Å²) in [5.74, 6) is 0.908. The lowest BCUT2D eigenvalue weighted by atomic mass is 10.0. The van der Waals surface area contributed by atoms with E-state index in [2.05, 4.69) is 44.3 Å². The van der Waals surface area contributed by atoms with Crippen LogP contribution in [0.3, 0.4) is 0 Å². The van der Waals surface area contributed by atoms with Crippen LogP contribution in [-0.4, -0.2) is 13.7 Å². The Kier molecular flexibility index (Phi) is 4.61. The number of ether oxygens (including phenoxy) is 1. The highest BCUT2D eigenvalue weighted by Crippen LogP contribution is 2.32. The van der Waals surface area contributed by atoms with E-state index in [0.717, 1.165) is 12.3 Å². The molecule has 2 aromatic rings. The summed E-state index contributed by atoms with van der Waals surface area (Å²) in [6.07, 6.45) is 0. The first-order valence-corrected chi connectivity index (χ1v) is 7.41. The lowest BCUT2D eigenvalue weighted by Gasteiger charge is -2.17. The number of thiophene rings is 1. The summed E-state index contributed by atoms with van der Waals surface area (Å²) in [7, 11) is 1.71. The molecule has 1 unspecified atom stereocenters. The van der Waals surface area contributed by atoms with Gasteiger partial charge in [0.25, 0.3) is 0 Å². The Morgan fingerprint density at radius 1 is 1.26 bits per heavy atom. The monoisotopic (exact) mass is 275 g/mol. The number of nitrogens with one attached hydrogen (secondary N) is 1. The molecule has 2 nitrogen and oxygen atoms in total. The highest BCUT2D eigenvalue weighted by Gasteiger charge is 2.16. The second-order valence-electron chi connectivity index (χ2n) is 4.66. The third-order valence-corrected chi connectivity index (χ3v) is 4.52. The number of aryl methyl sites for hydroxylation is 2. The van der Waals surface area contributed by atoms with Crippen molar-refractivity contribution in [3.8, 4) is 5.75 Å². The molecule has 0 saturated heterocycles. The zero-order valence-electron chi connectivity index (χ0n) is 12.0. The molecular weight excluding hydrogens is 254 g/mol. The van der Waals surface area contributed by atoms with Crippen LogP contribution in [0.5, 0.6) is 5.75 Å². The molecule has 19 heavy (non-hydrogen) atoms. The molecular formula is C16H21NOS. The topological polar surface area (TPSA) is 21.3 Å². The van der Waals surface area contributed by atoms with E-state index in [4.69, 9.17) is 4.74 Å². The van der Waals surface area contributed by atoms with E-state index in [-0.39, 0.29) is 6.04 Å². The van der Waals surface area contributed by atoms with Gasteiger partial charge in [-0.3, -0.25) is 0 Å². The van der Waals surface area contributed by atoms with Crippen LogP contribution in [0, 0.1) is 13.8 Å². The van der Waals surface area contributed by atoms with Crippen LogP contribution in [0.25, 0.3) is 0 Å². The Morgan fingerprint density at radius 3 is 2.63 bits per heavy atom. The molecule has 1 aromatic carbocycles. The van der Waals surface area contributed by atoms with Crippen LogP contribution in [-0.2, 0) is 0 Å². The van der Waals surface area contributed by atoms with Crippen LogP contribution in [0.2, 0.25) is 0 Å². The van der Waals surface area contributed by atoms with E-state index in [9.17, 15) is 0 Å². The van der Waals surface area contributed by atoms with Gasteiger partial charge >= 0.3 is 0 Å². The van der Waals surface area contributed by atoms with Crippen molar-refractivity contribution < 1.29 is 4.74 Å². The predicted molar refractivity (Wildman–Crippen MR) is 82.3 cm³/mol. The van der Waals surface area contributed by atoms with Crippen molar-refractivity contribution in [1.29, 1.82) is 0 Å². The highest BCUT2D eigenvalue weighted by molar-refractivity contribution is 7.12. The molecule has 1 N–H and O–H groups in total. The normalized spacial score (nSPS) is 12.4. The standard InChI is InChI=1S/C16H21NOS/c1-5-17-16(15-9-11(2)12(3)19-15)13-7-6-8-14(10-13)18-4/h6-10,16-17H,5H2,1-4H3. The van der Waals surface area contributed by atoms with Gasteiger partial charge in [0.1, 0.15) is 5.75 Å². The number of benzene rings is 1. The molecule has 1 atom stereocenters. The predicted octanol–water partition coefficient (Wildman–Crippen LogP) is 4.07. The van der Waals surface area contributed by atoms with Gasteiger partial charge in [-0.2, -0.15) is 0 Å². The smallest absolute Gasteiger partial charge is 0.119 e. The average molecular weight is 275 g/mol. The Balaban J connectivity index is 2.38. The van der Waals surface area contributed by atoms with E-state index in [0.29, 0.717) is 0 Å². The fourth-order valence-corrected chi connectivity index (χ4v) is 3.30. The third kappa shape index (κ3) is 3.17. The van der Waals surface area contributed by atoms with Crippen LogP contribution >= 0.6 is 11.3 Å². The molecule has 0 aliphatic rings. The van der Waals surface area contributed by atoms with Crippen molar-refractivity contribution in [3.05, 3.63) is 51.2 Å². The molecule has 102 valence electrons. The van der Waals surface area contributed by atoms with Crippen molar-refractivity contribution >= 4 is 11.3 Å². The zero-order valence-corrected chi connectivity index (χ0v) is 12.8. The number of hydrogen-bond acceptors (Lipinski definition) is 3. The van der Waals surface area contributed by atoms with E-state index in [1.54, 1.807) is 7.11 Å². The van der Waals surface area contributed by atoms with Gasteiger partial charge in [-0.05, 0) is 49.7 Å². The van der Waals surface area contributed by atoms with Gasteiger partial charge in [0.2, 0.25) is 0 Å². The molecule has 0 aliphatic heterocycles. The second kappa shape index (κ2) is 6.22. The van der Waals surface area contributed by atoms with E-state index in [1.807, 2.05) is 23.5 Å². The van der Waals surface area contributed by atoms with Crippen molar-refractivity contribution in [2.24, 2.45) is 0 Å². The van der Waals surface area contributed by atoms with Crippen LogP contribution in [0.15, 0.2) is 30.3 Å². The molecule has 0 saturated carbocycles. The minimum Gasteiger partial charge on any atom is -0.497 e. The van der Waals surface area contributed by atoms with Crippen LogP contribution in [0.1, 0.15) is 33.8 Å². The van der Waals surface area contributed by atoms with Crippen molar-refractivity contribution in [2.75, 3.05) is 13.7 Å². The summed E-state index contributed by atoms with van der Waals surface area (Å²) in [5, 5.41) is 3.56. The molecule has 0 radical (unpaired) electrons. The molecule has 0 fully saturated rings. The molecule has 1 aromatic heterocycles. The Morgan fingerprint density at radius 2 is 2.05 bits per heavy atom. The first-order valence-electron chi connectivity index (χ1n) is 6.60. The number of methoxy groups -OCH3 is 1. The molecule has 1 heterocycles. The summed E-state index contributed by atoms with van der Waals surface area (Å²) in [6.45, 7) is 7.43.